The van der Waals surface area contributed by atoms with Crippen molar-refractivity contribution < 1.29 is 9.53 Å². The number of rotatable bonds is 6. The zero-order valence-electron chi connectivity index (χ0n) is 11.5. The molecule has 4 heteroatoms. The van der Waals surface area contributed by atoms with E-state index < -0.39 is 0 Å². The lowest BCUT2D eigenvalue weighted by atomic mass is 10.1. The summed E-state index contributed by atoms with van der Waals surface area (Å²) in [5, 5.41) is 0. The highest BCUT2D eigenvalue weighted by Gasteiger charge is 2.26. The summed E-state index contributed by atoms with van der Waals surface area (Å²) in [6, 6.07) is 6.17. The topological polar surface area (TPSA) is 29.5 Å². The van der Waals surface area contributed by atoms with Gasteiger partial charge in [0.25, 0.3) is 0 Å². The van der Waals surface area contributed by atoms with Crippen LogP contribution in [0.1, 0.15) is 25.8 Å². The minimum atomic E-state index is 0.185. The molecule has 1 aromatic rings. The minimum Gasteiger partial charge on any atom is -0.380 e. The third kappa shape index (κ3) is 3.92. The van der Waals surface area contributed by atoms with E-state index in [0.717, 1.165) is 24.3 Å². The van der Waals surface area contributed by atoms with Crippen LogP contribution < -0.4 is 4.90 Å². The summed E-state index contributed by atoms with van der Waals surface area (Å²) in [6.07, 6.45) is 1.60. The van der Waals surface area contributed by atoms with Crippen molar-refractivity contribution in [3.63, 3.8) is 0 Å². The molecule has 0 spiro atoms. The van der Waals surface area contributed by atoms with Crippen molar-refractivity contribution >= 4 is 34.2 Å². The predicted molar refractivity (Wildman–Crippen MR) is 85.5 cm³/mol. The Morgan fingerprint density at radius 2 is 2.16 bits per heavy atom. The number of anilines is 1. The highest BCUT2D eigenvalue weighted by molar-refractivity contribution is 14.1. The molecule has 104 valence electrons. The van der Waals surface area contributed by atoms with Crippen molar-refractivity contribution in [1.82, 2.24) is 0 Å². The predicted octanol–water partition coefficient (Wildman–Crippen LogP) is 3.24. The van der Waals surface area contributed by atoms with E-state index in [2.05, 4.69) is 42.5 Å². The summed E-state index contributed by atoms with van der Waals surface area (Å²) in [6.45, 7) is 6.42. The van der Waals surface area contributed by atoms with Gasteiger partial charge in [-0.2, -0.15) is 0 Å². The van der Waals surface area contributed by atoms with E-state index in [4.69, 9.17) is 4.74 Å². The lowest BCUT2D eigenvalue weighted by Crippen LogP contribution is -2.30. The van der Waals surface area contributed by atoms with Crippen LogP contribution in [0.15, 0.2) is 18.2 Å². The van der Waals surface area contributed by atoms with Crippen LogP contribution >= 0.6 is 22.6 Å². The molecule has 0 aromatic heterocycles. The first kappa shape index (κ1) is 14.8. The molecule has 0 atom stereocenters. The van der Waals surface area contributed by atoms with E-state index in [1.165, 1.54) is 3.57 Å². The summed E-state index contributed by atoms with van der Waals surface area (Å²) in [5.41, 5.74) is 2.19. The van der Waals surface area contributed by atoms with Gasteiger partial charge in [0, 0.05) is 22.4 Å². The molecule has 1 heterocycles. The van der Waals surface area contributed by atoms with Crippen LogP contribution in [-0.4, -0.2) is 25.7 Å². The first-order valence-corrected chi connectivity index (χ1v) is 7.82. The van der Waals surface area contributed by atoms with Gasteiger partial charge in [-0.15, -0.1) is 0 Å². The van der Waals surface area contributed by atoms with Crippen molar-refractivity contribution in [2.24, 2.45) is 5.92 Å². The zero-order chi connectivity index (χ0) is 13.8. The van der Waals surface area contributed by atoms with Crippen molar-refractivity contribution in [1.29, 1.82) is 0 Å². The van der Waals surface area contributed by atoms with Crippen LogP contribution in [0.2, 0.25) is 0 Å². The van der Waals surface area contributed by atoms with E-state index in [0.29, 0.717) is 25.5 Å². The van der Waals surface area contributed by atoms with Gasteiger partial charge in [0.15, 0.2) is 0 Å². The first-order chi connectivity index (χ1) is 9.08. The van der Waals surface area contributed by atoms with Crippen LogP contribution in [0.3, 0.4) is 0 Å². The molecule has 0 radical (unpaired) electrons. The Morgan fingerprint density at radius 3 is 2.89 bits per heavy atom. The van der Waals surface area contributed by atoms with Gasteiger partial charge in [-0.1, -0.05) is 13.8 Å². The molecular weight excluding hydrogens is 353 g/mol. The molecular formula is C15H20INO2. The van der Waals surface area contributed by atoms with Gasteiger partial charge in [0.1, 0.15) is 0 Å². The SMILES string of the molecule is CC(C)CCOCCN1C(=O)Cc2cc(I)ccc21. The summed E-state index contributed by atoms with van der Waals surface area (Å²) < 4.78 is 6.78. The smallest absolute Gasteiger partial charge is 0.231 e. The first-order valence-electron chi connectivity index (χ1n) is 6.74. The zero-order valence-corrected chi connectivity index (χ0v) is 13.6. The van der Waals surface area contributed by atoms with E-state index in [1.807, 2.05) is 17.0 Å². The van der Waals surface area contributed by atoms with Gasteiger partial charge in [-0.3, -0.25) is 4.79 Å². The van der Waals surface area contributed by atoms with Crippen molar-refractivity contribution in [2.75, 3.05) is 24.7 Å². The van der Waals surface area contributed by atoms with E-state index in [1.54, 1.807) is 0 Å². The summed E-state index contributed by atoms with van der Waals surface area (Å²) >= 11 is 2.28. The number of carbonyl (C=O) groups is 1. The number of hydrogen-bond donors (Lipinski definition) is 0. The Labute approximate surface area is 128 Å². The largest absolute Gasteiger partial charge is 0.380 e. The molecule has 1 aliphatic rings. The fourth-order valence-corrected chi connectivity index (χ4v) is 2.73. The fraction of sp³-hybridized carbons (Fsp3) is 0.533. The third-order valence-corrected chi connectivity index (χ3v) is 3.94. The van der Waals surface area contributed by atoms with Crippen LogP contribution in [-0.2, 0) is 16.0 Å². The Bertz CT molecular complexity index is 459. The van der Waals surface area contributed by atoms with Crippen molar-refractivity contribution in [3.8, 4) is 0 Å². The average molecular weight is 373 g/mol. The Hall–Kier alpha value is -0.620. The number of hydrogen-bond acceptors (Lipinski definition) is 2. The lowest BCUT2D eigenvalue weighted by Gasteiger charge is -2.17. The highest BCUT2D eigenvalue weighted by atomic mass is 127. The standard InChI is InChI=1S/C15H20INO2/c1-11(2)5-7-19-8-6-17-14-4-3-13(16)9-12(14)10-15(17)18/h3-4,9,11H,5-8,10H2,1-2H3. The van der Waals surface area contributed by atoms with E-state index in [9.17, 15) is 4.79 Å². The second-order valence-electron chi connectivity index (χ2n) is 5.29. The van der Waals surface area contributed by atoms with Crippen molar-refractivity contribution in [3.05, 3.63) is 27.3 Å². The molecule has 0 saturated carbocycles. The molecule has 0 N–H and O–H groups in total. The van der Waals surface area contributed by atoms with Crippen LogP contribution in [0, 0.1) is 9.49 Å². The number of halogens is 1. The second-order valence-corrected chi connectivity index (χ2v) is 6.54. The number of amides is 1. The molecule has 1 aliphatic heterocycles. The van der Waals surface area contributed by atoms with Crippen molar-refractivity contribution in [2.45, 2.75) is 26.7 Å². The Kier molecular flexibility index (Phi) is 5.21. The van der Waals surface area contributed by atoms with Crippen LogP contribution in [0.25, 0.3) is 0 Å². The van der Waals surface area contributed by atoms with Crippen LogP contribution in [0.5, 0.6) is 0 Å². The maximum Gasteiger partial charge on any atom is 0.231 e. The van der Waals surface area contributed by atoms with Gasteiger partial charge < -0.3 is 9.64 Å². The quantitative estimate of drug-likeness (QED) is 0.566. The van der Waals surface area contributed by atoms with Gasteiger partial charge in [0.05, 0.1) is 13.0 Å². The monoisotopic (exact) mass is 373 g/mol. The maximum atomic E-state index is 12.0. The normalized spacial score (nSPS) is 14.3. The molecule has 19 heavy (non-hydrogen) atoms. The lowest BCUT2D eigenvalue weighted by molar-refractivity contribution is -0.117. The number of ether oxygens (including phenoxy) is 1. The van der Waals surface area contributed by atoms with E-state index >= 15 is 0 Å². The molecule has 0 bridgehead atoms. The summed E-state index contributed by atoms with van der Waals surface area (Å²) in [4.78, 5) is 13.8. The molecule has 1 amide bonds. The number of benzene rings is 1. The van der Waals surface area contributed by atoms with Crippen LogP contribution in [0.4, 0.5) is 5.69 Å². The number of fused-ring (bicyclic) bond motifs is 1. The molecule has 2 rings (SSSR count). The van der Waals surface area contributed by atoms with E-state index in [-0.39, 0.29) is 5.91 Å². The second kappa shape index (κ2) is 6.70. The highest BCUT2D eigenvalue weighted by Crippen LogP contribution is 2.29. The Balaban J connectivity index is 1.86. The van der Waals surface area contributed by atoms with Gasteiger partial charge in [0.2, 0.25) is 5.91 Å². The third-order valence-electron chi connectivity index (χ3n) is 3.27. The van der Waals surface area contributed by atoms with Gasteiger partial charge >= 0.3 is 0 Å². The molecule has 1 aromatic carbocycles. The average Bonchev–Trinajstić information content (AvgIpc) is 2.64. The molecule has 3 nitrogen and oxygen atoms in total. The summed E-state index contributed by atoms with van der Waals surface area (Å²) in [7, 11) is 0. The summed E-state index contributed by atoms with van der Waals surface area (Å²) in [5.74, 6) is 0.848. The Morgan fingerprint density at radius 1 is 1.37 bits per heavy atom. The minimum absolute atomic E-state index is 0.185. The molecule has 0 unspecified atom stereocenters. The number of carbonyl (C=O) groups excluding carboxylic acids is 1. The molecule has 0 fully saturated rings. The van der Waals surface area contributed by atoms with Gasteiger partial charge in [-0.05, 0) is 58.7 Å². The van der Waals surface area contributed by atoms with Gasteiger partial charge in [-0.25, -0.2) is 0 Å². The molecule has 0 saturated heterocycles. The maximum absolute atomic E-state index is 12.0. The number of nitrogens with zero attached hydrogens (tertiary/aromatic N) is 1. The molecule has 0 aliphatic carbocycles. The fourth-order valence-electron chi connectivity index (χ4n) is 2.17.